The maximum Gasteiger partial charge on any atom is 0.335 e. The van der Waals surface area contributed by atoms with Crippen LogP contribution in [0.25, 0.3) is 0 Å². The van der Waals surface area contributed by atoms with Crippen molar-refractivity contribution in [1.29, 1.82) is 0 Å². The number of aromatic carboxylic acids is 1. The van der Waals surface area contributed by atoms with Crippen LogP contribution in [-0.4, -0.2) is 34.5 Å². The highest BCUT2D eigenvalue weighted by Gasteiger charge is 2.47. The van der Waals surface area contributed by atoms with Crippen LogP contribution in [0.1, 0.15) is 67.3 Å². The zero-order valence-electron chi connectivity index (χ0n) is 16.5. The highest BCUT2D eigenvalue weighted by atomic mass is 16.5. The van der Waals surface area contributed by atoms with Gasteiger partial charge in [0.15, 0.2) is 0 Å². The molecule has 4 rings (SSSR count). The van der Waals surface area contributed by atoms with Gasteiger partial charge in [0.1, 0.15) is 0 Å². The molecule has 0 spiro atoms. The van der Waals surface area contributed by atoms with E-state index >= 15 is 0 Å². The molecular formula is C24H32O4. The van der Waals surface area contributed by atoms with Crippen LogP contribution in [0.4, 0.5) is 0 Å². The summed E-state index contributed by atoms with van der Waals surface area (Å²) in [6, 6.07) is 7.22. The standard InChI is InChI=1S/C24H32O4/c25-19(15-17-3-1-2-4-17)10-12-21-20(22-13-14-23(21)28-22)11-7-16-5-8-18(9-6-16)24(26)27/h5-6,8-10,12,17,19-23,25H,1-4,7,11,13-15H2,(H,26,27)/t19?,20-,21-,22+,23-/m0/s1. The molecule has 3 aliphatic rings. The largest absolute Gasteiger partial charge is 0.478 e. The number of aliphatic hydroxyl groups excluding tert-OH is 1. The van der Waals surface area contributed by atoms with Crippen molar-refractivity contribution in [2.45, 2.75) is 76.1 Å². The highest BCUT2D eigenvalue weighted by molar-refractivity contribution is 5.87. The molecule has 1 unspecified atom stereocenters. The lowest BCUT2D eigenvalue weighted by Crippen LogP contribution is -2.26. The summed E-state index contributed by atoms with van der Waals surface area (Å²) in [5, 5.41) is 19.5. The van der Waals surface area contributed by atoms with Gasteiger partial charge < -0.3 is 14.9 Å². The Morgan fingerprint density at radius 1 is 1.11 bits per heavy atom. The number of carboxylic acid groups (broad SMARTS) is 1. The molecule has 1 aromatic carbocycles. The van der Waals surface area contributed by atoms with Crippen molar-refractivity contribution in [2.24, 2.45) is 17.8 Å². The first-order valence-corrected chi connectivity index (χ1v) is 10.9. The van der Waals surface area contributed by atoms with E-state index < -0.39 is 5.97 Å². The van der Waals surface area contributed by atoms with Crippen LogP contribution in [0.5, 0.6) is 0 Å². The summed E-state index contributed by atoms with van der Waals surface area (Å²) >= 11 is 0. The van der Waals surface area contributed by atoms with Gasteiger partial charge >= 0.3 is 5.97 Å². The molecule has 0 amide bonds. The Morgan fingerprint density at radius 3 is 2.54 bits per heavy atom. The Morgan fingerprint density at radius 2 is 1.82 bits per heavy atom. The van der Waals surface area contributed by atoms with Gasteiger partial charge in [-0.2, -0.15) is 0 Å². The molecule has 0 aromatic heterocycles. The predicted molar refractivity (Wildman–Crippen MR) is 108 cm³/mol. The second kappa shape index (κ2) is 8.79. The second-order valence-electron chi connectivity index (χ2n) is 8.91. The van der Waals surface area contributed by atoms with Crippen LogP contribution in [0, 0.1) is 17.8 Å². The molecule has 3 fully saturated rings. The summed E-state index contributed by atoms with van der Waals surface area (Å²) in [4.78, 5) is 11.0. The van der Waals surface area contributed by atoms with Crippen molar-refractivity contribution < 1.29 is 19.7 Å². The van der Waals surface area contributed by atoms with Gasteiger partial charge in [0.25, 0.3) is 0 Å². The molecule has 4 nitrogen and oxygen atoms in total. The molecule has 2 heterocycles. The van der Waals surface area contributed by atoms with Gasteiger partial charge in [-0.1, -0.05) is 50.0 Å². The van der Waals surface area contributed by atoms with Gasteiger partial charge in [-0.05, 0) is 61.6 Å². The van der Waals surface area contributed by atoms with E-state index in [4.69, 9.17) is 9.84 Å². The number of hydrogen-bond acceptors (Lipinski definition) is 3. The number of hydrogen-bond donors (Lipinski definition) is 2. The molecule has 28 heavy (non-hydrogen) atoms. The van der Waals surface area contributed by atoms with Gasteiger partial charge in [0.2, 0.25) is 0 Å². The van der Waals surface area contributed by atoms with E-state index in [1.807, 2.05) is 18.2 Å². The van der Waals surface area contributed by atoms with Crippen molar-refractivity contribution in [3.05, 3.63) is 47.5 Å². The molecule has 2 saturated heterocycles. The van der Waals surface area contributed by atoms with E-state index in [1.54, 1.807) is 12.1 Å². The number of carboxylic acids is 1. The number of benzene rings is 1. The first kappa shape index (κ1) is 19.7. The van der Waals surface area contributed by atoms with Crippen molar-refractivity contribution in [3.63, 3.8) is 0 Å². The first-order chi connectivity index (χ1) is 13.6. The fraction of sp³-hybridized carbons (Fsp3) is 0.625. The van der Waals surface area contributed by atoms with Crippen molar-refractivity contribution in [1.82, 2.24) is 0 Å². The van der Waals surface area contributed by atoms with E-state index in [2.05, 4.69) is 6.08 Å². The predicted octanol–water partition coefficient (Wildman–Crippen LogP) is 4.61. The molecule has 2 bridgehead atoms. The third-order valence-electron chi connectivity index (χ3n) is 7.06. The lowest BCUT2D eigenvalue weighted by atomic mass is 9.76. The van der Waals surface area contributed by atoms with Crippen LogP contribution in [-0.2, 0) is 11.2 Å². The Kier molecular flexibility index (Phi) is 6.17. The zero-order chi connectivity index (χ0) is 19.5. The van der Waals surface area contributed by atoms with Crippen LogP contribution in [0.2, 0.25) is 0 Å². The summed E-state index contributed by atoms with van der Waals surface area (Å²) in [6.07, 6.45) is 14.9. The lowest BCUT2D eigenvalue weighted by Gasteiger charge is -2.26. The average Bonchev–Trinajstić information content (AvgIpc) is 3.43. The molecular weight excluding hydrogens is 352 g/mol. The molecule has 4 heteroatoms. The number of aryl methyl sites for hydroxylation is 1. The molecule has 2 N–H and O–H groups in total. The second-order valence-corrected chi connectivity index (χ2v) is 8.91. The van der Waals surface area contributed by atoms with Crippen LogP contribution in [0.3, 0.4) is 0 Å². The average molecular weight is 385 g/mol. The third kappa shape index (κ3) is 4.49. The summed E-state index contributed by atoms with van der Waals surface area (Å²) < 4.78 is 6.19. The number of ether oxygens (including phenoxy) is 1. The van der Waals surface area contributed by atoms with Gasteiger partial charge in [-0.3, -0.25) is 0 Å². The minimum atomic E-state index is -0.880. The molecule has 152 valence electrons. The minimum Gasteiger partial charge on any atom is -0.478 e. The summed E-state index contributed by atoms with van der Waals surface area (Å²) in [5.41, 5.74) is 1.51. The van der Waals surface area contributed by atoms with Crippen LogP contribution in [0.15, 0.2) is 36.4 Å². The quantitative estimate of drug-likeness (QED) is 0.643. The Labute approximate surface area is 167 Å². The molecule has 1 aliphatic carbocycles. The molecule has 1 saturated carbocycles. The summed E-state index contributed by atoms with van der Waals surface area (Å²) in [6.45, 7) is 0. The number of rotatable bonds is 8. The van der Waals surface area contributed by atoms with E-state index in [1.165, 1.54) is 31.2 Å². The zero-order valence-corrected chi connectivity index (χ0v) is 16.5. The van der Waals surface area contributed by atoms with E-state index in [0.29, 0.717) is 35.5 Å². The third-order valence-corrected chi connectivity index (χ3v) is 7.06. The minimum absolute atomic E-state index is 0.305. The fourth-order valence-electron chi connectivity index (χ4n) is 5.53. The summed E-state index contributed by atoms with van der Waals surface area (Å²) in [7, 11) is 0. The van der Waals surface area contributed by atoms with E-state index in [9.17, 15) is 9.90 Å². The maximum absolute atomic E-state index is 11.0. The SMILES string of the molecule is O=C(O)c1ccc(CC[C@H]2[C@H](C=CC(O)CC3CCCC3)[C@@H]3CC[C@H]2O3)cc1. The first-order valence-electron chi connectivity index (χ1n) is 10.9. The van der Waals surface area contributed by atoms with Crippen molar-refractivity contribution >= 4 is 5.97 Å². The fourth-order valence-corrected chi connectivity index (χ4v) is 5.53. The smallest absolute Gasteiger partial charge is 0.335 e. The van der Waals surface area contributed by atoms with Crippen molar-refractivity contribution in [2.75, 3.05) is 0 Å². The number of fused-ring (bicyclic) bond motifs is 2. The Bertz CT molecular complexity index is 689. The van der Waals surface area contributed by atoms with Crippen molar-refractivity contribution in [3.8, 4) is 0 Å². The van der Waals surface area contributed by atoms with Gasteiger partial charge in [0, 0.05) is 5.92 Å². The molecule has 2 aliphatic heterocycles. The number of aliphatic hydroxyl groups is 1. The van der Waals surface area contributed by atoms with Gasteiger partial charge in [0.05, 0.1) is 23.9 Å². The Hall–Kier alpha value is -1.65. The Balaban J connectivity index is 1.34. The maximum atomic E-state index is 11.0. The lowest BCUT2D eigenvalue weighted by molar-refractivity contribution is 0.0697. The van der Waals surface area contributed by atoms with E-state index in [0.717, 1.165) is 32.1 Å². The summed E-state index contributed by atoms with van der Waals surface area (Å²) in [5.74, 6) is 0.706. The van der Waals surface area contributed by atoms with Crippen LogP contribution >= 0.6 is 0 Å². The molecule has 0 radical (unpaired) electrons. The molecule has 1 aromatic rings. The van der Waals surface area contributed by atoms with Crippen LogP contribution < -0.4 is 0 Å². The van der Waals surface area contributed by atoms with E-state index in [-0.39, 0.29) is 6.10 Å². The van der Waals surface area contributed by atoms with Gasteiger partial charge in [-0.25, -0.2) is 4.79 Å². The monoisotopic (exact) mass is 384 g/mol. The molecule has 5 atom stereocenters. The van der Waals surface area contributed by atoms with Gasteiger partial charge in [-0.15, -0.1) is 0 Å². The number of carbonyl (C=O) groups is 1. The normalized spacial score (nSPS) is 31.0. The highest BCUT2D eigenvalue weighted by Crippen LogP contribution is 2.46. The topological polar surface area (TPSA) is 66.8 Å².